The summed E-state index contributed by atoms with van der Waals surface area (Å²) in [6, 6.07) is 20.2. The minimum absolute atomic E-state index is 0.690. The normalized spacial score (nSPS) is 16.4. The maximum absolute atomic E-state index is 3.38. The van der Waals surface area contributed by atoms with E-state index < -0.39 is 0 Å². The van der Waals surface area contributed by atoms with E-state index in [9.17, 15) is 0 Å². The van der Waals surface area contributed by atoms with Crippen molar-refractivity contribution in [2.24, 2.45) is 0 Å². The molecule has 2 aromatic carbocycles. The van der Waals surface area contributed by atoms with E-state index in [0.29, 0.717) is 6.04 Å². The lowest BCUT2D eigenvalue weighted by Gasteiger charge is -2.33. The zero-order chi connectivity index (χ0) is 13.8. The molecular weight excluding hydrogens is 244 g/mol. The van der Waals surface area contributed by atoms with E-state index in [4.69, 9.17) is 0 Å². The van der Waals surface area contributed by atoms with E-state index in [-0.39, 0.29) is 0 Å². The first-order valence-corrected chi connectivity index (χ1v) is 7.44. The number of hydrogen-bond donors (Lipinski definition) is 1. The lowest BCUT2D eigenvalue weighted by atomic mass is 10.0. The average Bonchev–Trinajstić information content (AvgIpc) is 2.56. The van der Waals surface area contributed by atoms with Crippen LogP contribution in [0.5, 0.6) is 0 Å². The average molecular weight is 266 g/mol. The van der Waals surface area contributed by atoms with Crippen molar-refractivity contribution in [2.75, 3.05) is 25.0 Å². The van der Waals surface area contributed by atoms with Gasteiger partial charge in [-0.25, -0.2) is 0 Å². The molecule has 1 fully saturated rings. The molecule has 104 valence electrons. The summed E-state index contributed by atoms with van der Waals surface area (Å²) in [5.74, 6) is 0. The van der Waals surface area contributed by atoms with E-state index in [1.165, 1.54) is 29.7 Å². The number of nitrogens with one attached hydrogen (secondary N) is 1. The molecule has 0 aliphatic carbocycles. The van der Waals surface area contributed by atoms with Gasteiger partial charge in [-0.3, -0.25) is 0 Å². The minimum atomic E-state index is 0.690. The summed E-state index contributed by atoms with van der Waals surface area (Å²) in [7, 11) is 2.06. The smallest absolute Gasteiger partial charge is 0.0366 e. The lowest BCUT2D eigenvalue weighted by molar-refractivity contribution is 0.442. The monoisotopic (exact) mass is 266 g/mol. The molecule has 0 amide bonds. The summed E-state index contributed by atoms with van der Waals surface area (Å²) in [5.41, 5.74) is 3.92. The predicted molar refractivity (Wildman–Crippen MR) is 86.2 cm³/mol. The number of anilines is 1. The first kappa shape index (κ1) is 13.2. The van der Waals surface area contributed by atoms with Crippen LogP contribution in [0.1, 0.15) is 12.8 Å². The highest BCUT2D eigenvalue weighted by Gasteiger charge is 2.17. The Kier molecular flexibility index (Phi) is 4.03. The SMILES string of the molecule is CNC1CCN(c2ccc(-c3ccccc3)cc2)CC1. The zero-order valence-electron chi connectivity index (χ0n) is 12.0. The van der Waals surface area contributed by atoms with Gasteiger partial charge in [0.1, 0.15) is 0 Å². The second kappa shape index (κ2) is 6.10. The number of piperidine rings is 1. The topological polar surface area (TPSA) is 15.3 Å². The van der Waals surface area contributed by atoms with Gasteiger partial charge in [0.05, 0.1) is 0 Å². The van der Waals surface area contributed by atoms with Crippen molar-refractivity contribution in [1.29, 1.82) is 0 Å². The van der Waals surface area contributed by atoms with Gasteiger partial charge in [0.25, 0.3) is 0 Å². The van der Waals surface area contributed by atoms with Gasteiger partial charge in [-0.15, -0.1) is 0 Å². The van der Waals surface area contributed by atoms with E-state index in [1.807, 2.05) is 0 Å². The Morgan fingerprint density at radius 1 is 0.850 bits per heavy atom. The Labute approximate surface area is 121 Å². The van der Waals surface area contributed by atoms with Crippen LogP contribution in [-0.2, 0) is 0 Å². The highest BCUT2D eigenvalue weighted by Crippen LogP contribution is 2.25. The van der Waals surface area contributed by atoms with Crippen LogP contribution in [0, 0.1) is 0 Å². The summed E-state index contributed by atoms with van der Waals surface area (Å²) >= 11 is 0. The molecule has 2 aromatic rings. The Bertz CT molecular complexity index is 525. The molecule has 1 saturated heterocycles. The fourth-order valence-corrected chi connectivity index (χ4v) is 2.92. The molecule has 2 nitrogen and oxygen atoms in total. The molecule has 0 atom stereocenters. The third kappa shape index (κ3) is 2.86. The molecule has 0 saturated carbocycles. The van der Waals surface area contributed by atoms with Gasteiger partial charge >= 0.3 is 0 Å². The van der Waals surface area contributed by atoms with Gasteiger partial charge in [-0.2, -0.15) is 0 Å². The van der Waals surface area contributed by atoms with Crippen LogP contribution in [-0.4, -0.2) is 26.2 Å². The largest absolute Gasteiger partial charge is 0.371 e. The Balaban J connectivity index is 1.71. The van der Waals surface area contributed by atoms with Crippen LogP contribution in [0.25, 0.3) is 11.1 Å². The van der Waals surface area contributed by atoms with E-state index in [2.05, 4.69) is 71.9 Å². The van der Waals surface area contributed by atoms with Gasteiger partial charge in [-0.1, -0.05) is 42.5 Å². The fourth-order valence-electron chi connectivity index (χ4n) is 2.92. The summed E-state index contributed by atoms with van der Waals surface area (Å²) < 4.78 is 0. The highest BCUT2D eigenvalue weighted by molar-refractivity contribution is 5.66. The van der Waals surface area contributed by atoms with Crippen LogP contribution in [0.4, 0.5) is 5.69 Å². The van der Waals surface area contributed by atoms with Crippen LogP contribution >= 0.6 is 0 Å². The van der Waals surface area contributed by atoms with Crippen molar-refractivity contribution < 1.29 is 0 Å². The summed E-state index contributed by atoms with van der Waals surface area (Å²) in [5, 5.41) is 3.38. The molecule has 1 N–H and O–H groups in total. The standard InChI is InChI=1S/C18H22N2/c1-19-17-11-13-20(14-12-17)18-9-7-16(8-10-18)15-5-3-2-4-6-15/h2-10,17,19H,11-14H2,1H3. The molecule has 2 heteroatoms. The molecule has 20 heavy (non-hydrogen) atoms. The van der Waals surface area contributed by atoms with Crippen molar-refractivity contribution in [3.05, 3.63) is 54.6 Å². The zero-order valence-corrected chi connectivity index (χ0v) is 12.0. The van der Waals surface area contributed by atoms with Crippen molar-refractivity contribution in [3.8, 4) is 11.1 Å². The van der Waals surface area contributed by atoms with Gasteiger partial charge < -0.3 is 10.2 Å². The summed E-state index contributed by atoms with van der Waals surface area (Å²) in [6.07, 6.45) is 2.47. The predicted octanol–water partition coefficient (Wildman–Crippen LogP) is 3.54. The second-order valence-corrected chi connectivity index (χ2v) is 5.46. The Morgan fingerprint density at radius 2 is 1.45 bits per heavy atom. The fraction of sp³-hybridized carbons (Fsp3) is 0.333. The molecule has 1 heterocycles. The van der Waals surface area contributed by atoms with Gasteiger partial charge in [0, 0.05) is 24.8 Å². The molecule has 3 rings (SSSR count). The Morgan fingerprint density at radius 3 is 2.05 bits per heavy atom. The quantitative estimate of drug-likeness (QED) is 0.914. The molecule has 0 aromatic heterocycles. The molecule has 1 aliphatic heterocycles. The first-order valence-electron chi connectivity index (χ1n) is 7.44. The maximum Gasteiger partial charge on any atom is 0.0366 e. The van der Waals surface area contributed by atoms with Crippen LogP contribution in [0.15, 0.2) is 54.6 Å². The summed E-state index contributed by atoms with van der Waals surface area (Å²) in [6.45, 7) is 2.30. The first-order chi connectivity index (χ1) is 9.86. The molecule has 0 spiro atoms. The molecule has 1 aliphatic rings. The van der Waals surface area contributed by atoms with Crippen molar-refractivity contribution in [2.45, 2.75) is 18.9 Å². The lowest BCUT2D eigenvalue weighted by Crippen LogP contribution is -2.41. The minimum Gasteiger partial charge on any atom is -0.371 e. The number of benzene rings is 2. The molecule has 0 unspecified atom stereocenters. The third-order valence-corrected chi connectivity index (χ3v) is 4.24. The van der Waals surface area contributed by atoms with Crippen LogP contribution in [0.2, 0.25) is 0 Å². The van der Waals surface area contributed by atoms with E-state index >= 15 is 0 Å². The third-order valence-electron chi connectivity index (χ3n) is 4.24. The highest BCUT2D eigenvalue weighted by atomic mass is 15.1. The van der Waals surface area contributed by atoms with Gasteiger partial charge in [0.2, 0.25) is 0 Å². The van der Waals surface area contributed by atoms with Crippen molar-refractivity contribution in [1.82, 2.24) is 5.32 Å². The molecular formula is C18H22N2. The van der Waals surface area contributed by atoms with Gasteiger partial charge in [0.15, 0.2) is 0 Å². The van der Waals surface area contributed by atoms with Crippen LogP contribution in [0.3, 0.4) is 0 Å². The number of hydrogen-bond acceptors (Lipinski definition) is 2. The van der Waals surface area contributed by atoms with Gasteiger partial charge in [-0.05, 0) is 43.1 Å². The van der Waals surface area contributed by atoms with Crippen LogP contribution < -0.4 is 10.2 Å². The maximum atomic E-state index is 3.38. The van der Waals surface area contributed by atoms with Crippen molar-refractivity contribution in [3.63, 3.8) is 0 Å². The van der Waals surface area contributed by atoms with Crippen molar-refractivity contribution >= 4 is 5.69 Å². The Hall–Kier alpha value is -1.80. The number of nitrogens with zero attached hydrogens (tertiary/aromatic N) is 1. The second-order valence-electron chi connectivity index (χ2n) is 5.46. The number of rotatable bonds is 3. The van der Waals surface area contributed by atoms with E-state index in [0.717, 1.165) is 13.1 Å². The molecule has 0 radical (unpaired) electrons. The molecule has 0 bridgehead atoms. The summed E-state index contributed by atoms with van der Waals surface area (Å²) in [4.78, 5) is 2.49. The van der Waals surface area contributed by atoms with E-state index in [1.54, 1.807) is 0 Å².